The first-order chi connectivity index (χ1) is 25.8. The van der Waals surface area contributed by atoms with Gasteiger partial charge in [0.25, 0.3) is 0 Å². The normalized spacial score (nSPS) is 17.5. The van der Waals surface area contributed by atoms with Crippen LogP contribution in [0.2, 0.25) is 5.02 Å². The van der Waals surface area contributed by atoms with Gasteiger partial charge in [0.15, 0.2) is 0 Å². The van der Waals surface area contributed by atoms with Crippen molar-refractivity contribution in [2.24, 2.45) is 11.1 Å². The minimum Gasteiger partial charge on any atom is -0.464 e. The van der Waals surface area contributed by atoms with Crippen LogP contribution >= 0.6 is 11.6 Å². The molecule has 4 N–H and O–H groups in total. The van der Waals surface area contributed by atoms with Crippen LogP contribution in [0.15, 0.2) is 97.1 Å². The second kappa shape index (κ2) is 20.7. The lowest BCUT2D eigenvalue weighted by Crippen LogP contribution is -2.57. The Bertz CT molecular complexity index is 1710. The maximum atomic E-state index is 14.2. The van der Waals surface area contributed by atoms with Crippen LogP contribution < -0.4 is 16.4 Å². The van der Waals surface area contributed by atoms with Crippen molar-refractivity contribution in [3.8, 4) is 0 Å². The Morgan fingerprint density at radius 2 is 1.61 bits per heavy atom. The smallest absolute Gasteiger partial charge is 0.407 e. The zero-order chi connectivity index (χ0) is 39.1. The summed E-state index contributed by atoms with van der Waals surface area (Å²) in [5, 5.41) is 6.28. The predicted octanol–water partition coefficient (Wildman–Crippen LogP) is 5.77. The molecule has 1 fully saturated rings. The van der Waals surface area contributed by atoms with Crippen LogP contribution in [0.5, 0.6) is 0 Å². The number of carbonyl (C=O) groups is 4. The number of amides is 3. The summed E-state index contributed by atoms with van der Waals surface area (Å²) in [6.45, 7) is 7.41. The van der Waals surface area contributed by atoms with Gasteiger partial charge in [-0.25, -0.2) is 4.79 Å². The van der Waals surface area contributed by atoms with E-state index in [1.165, 1.54) is 6.92 Å². The lowest BCUT2D eigenvalue weighted by molar-refractivity contribution is -0.142. The Labute approximate surface area is 323 Å². The molecule has 290 valence electrons. The fourth-order valence-corrected chi connectivity index (χ4v) is 6.54. The van der Waals surface area contributed by atoms with Crippen molar-refractivity contribution >= 4 is 35.5 Å². The number of nitrogens with zero attached hydrogens (tertiary/aromatic N) is 1. The number of likely N-dealkylation sites (tertiary alicyclic amines) is 1. The molecule has 0 aromatic heterocycles. The highest BCUT2D eigenvalue weighted by Gasteiger charge is 2.37. The molecule has 12 heteroatoms. The Morgan fingerprint density at radius 3 is 2.26 bits per heavy atom. The Balaban J connectivity index is 1.50. The van der Waals surface area contributed by atoms with E-state index in [2.05, 4.69) is 10.6 Å². The summed E-state index contributed by atoms with van der Waals surface area (Å²) in [5.74, 6) is -1.15. The molecule has 3 aromatic rings. The minimum absolute atomic E-state index is 0.00552. The molecule has 0 bridgehead atoms. The number of halogens is 1. The monoisotopic (exact) mass is 760 g/mol. The van der Waals surface area contributed by atoms with Gasteiger partial charge in [-0.2, -0.15) is 0 Å². The number of nitrogens with two attached hydrogens (primary N) is 1. The quantitative estimate of drug-likeness (QED) is 0.109. The van der Waals surface area contributed by atoms with Gasteiger partial charge >= 0.3 is 12.1 Å². The third-order valence-corrected chi connectivity index (χ3v) is 9.51. The van der Waals surface area contributed by atoms with Crippen molar-refractivity contribution in [3.63, 3.8) is 0 Å². The van der Waals surface area contributed by atoms with Crippen molar-refractivity contribution in [3.05, 3.63) is 119 Å². The van der Waals surface area contributed by atoms with E-state index in [-0.39, 0.29) is 31.8 Å². The Hall–Kier alpha value is -4.71. The first kappa shape index (κ1) is 42.0. The van der Waals surface area contributed by atoms with E-state index >= 15 is 0 Å². The van der Waals surface area contributed by atoms with Crippen molar-refractivity contribution in [1.29, 1.82) is 0 Å². The number of benzene rings is 3. The number of carbonyl (C=O) groups excluding carboxylic acids is 4. The molecule has 1 aliphatic heterocycles. The van der Waals surface area contributed by atoms with Crippen molar-refractivity contribution in [1.82, 2.24) is 15.5 Å². The third kappa shape index (κ3) is 13.6. The van der Waals surface area contributed by atoms with Crippen LogP contribution in [0.4, 0.5) is 4.79 Å². The standard InChI is InChI=1S/C42H53ClN4O7/c1-29(44)39(49)46-38(30(2)52-26-33-15-9-6-10-16-33)40(50)47-22-12-19-37(47)20-21-42(4,25-34-17-11-18-35(43)23-34)28-54-41(51)45-36(27-53-31(3)48)24-32-13-7-5-8-14-32/h5-11,13-18,20-21,23,29-30,36-38H,12,19,22,24-28,44H2,1-4H3,(H,45,51)(H,46,49)/b21-20+/t29-,30+,36-,37?,38-,42-/m0/s1. The van der Waals surface area contributed by atoms with Gasteiger partial charge in [0.1, 0.15) is 19.3 Å². The number of hydrogen-bond donors (Lipinski definition) is 3. The zero-order valence-electron chi connectivity index (χ0n) is 31.5. The molecule has 54 heavy (non-hydrogen) atoms. The van der Waals surface area contributed by atoms with E-state index in [0.717, 1.165) is 23.1 Å². The van der Waals surface area contributed by atoms with Gasteiger partial charge in [0.05, 0.1) is 30.8 Å². The molecule has 3 amide bonds. The number of hydrogen-bond acceptors (Lipinski definition) is 8. The van der Waals surface area contributed by atoms with Gasteiger partial charge in [-0.3, -0.25) is 14.4 Å². The van der Waals surface area contributed by atoms with Crippen LogP contribution in [-0.4, -0.2) is 78.8 Å². The number of rotatable bonds is 18. The molecule has 0 aliphatic carbocycles. The topological polar surface area (TPSA) is 149 Å². The average molecular weight is 761 g/mol. The van der Waals surface area contributed by atoms with E-state index < -0.39 is 47.6 Å². The predicted molar refractivity (Wildman–Crippen MR) is 208 cm³/mol. The molecule has 1 saturated heterocycles. The SMILES string of the molecule is CC(=O)OC[C@H](Cc1ccccc1)NC(=O)OC[C@@](C)(/C=C/C1CCCN1C(=O)[C@@H](NC(=O)[C@H](C)N)[C@@H](C)OCc1ccccc1)Cc1cccc(Cl)c1. The number of esters is 1. The fraction of sp³-hybridized carbons (Fsp3) is 0.429. The van der Waals surface area contributed by atoms with E-state index in [1.807, 2.05) is 97.9 Å². The lowest BCUT2D eigenvalue weighted by atomic mass is 9.83. The summed E-state index contributed by atoms with van der Waals surface area (Å²) < 4.78 is 17.2. The van der Waals surface area contributed by atoms with Crippen LogP contribution in [0.1, 0.15) is 57.2 Å². The number of ether oxygens (including phenoxy) is 3. The molecule has 4 rings (SSSR count). The second-order valence-electron chi connectivity index (χ2n) is 14.2. The molecule has 1 unspecified atom stereocenters. The third-order valence-electron chi connectivity index (χ3n) is 9.27. The number of nitrogens with one attached hydrogen (secondary N) is 2. The van der Waals surface area contributed by atoms with E-state index in [9.17, 15) is 19.2 Å². The van der Waals surface area contributed by atoms with E-state index in [0.29, 0.717) is 30.8 Å². The Morgan fingerprint density at radius 1 is 0.944 bits per heavy atom. The highest BCUT2D eigenvalue weighted by molar-refractivity contribution is 6.30. The maximum Gasteiger partial charge on any atom is 0.407 e. The van der Waals surface area contributed by atoms with Crippen LogP contribution in [0.3, 0.4) is 0 Å². The van der Waals surface area contributed by atoms with Gasteiger partial charge in [0.2, 0.25) is 11.8 Å². The highest BCUT2D eigenvalue weighted by atomic mass is 35.5. The summed E-state index contributed by atoms with van der Waals surface area (Å²) in [7, 11) is 0. The van der Waals surface area contributed by atoms with Gasteiger partial charge in [0, 0.05) is 23.9 Å². The van der Waals surface area contributed by atoms with Gasteiger partial charge < -0.3 is 35.5 Å². The van der Waals surface area contributed by atoms with Crippen molar-refractivity contribution < 1.29 is 33.4 Å². The fourth-order valence-electron chi connectivity index (χ4n) is 6.33. The first-order valence-electron chi connectivity index (χ1n) is 18.4. The molecule has 0 saturated carbocycles. The van der Waals surface area contributed by atoms with Crippen LogP contribution in [-0.2, 0) is 48.0 Å². The maximum absolute atomic E-state index is 14.2. The summed E-state index contributed by atoms with van der Waals surface area (Å²) in [4.78, 5) is 53.6. The summed E-state index contributed by atoms with van der Waals surface area (Å²) >= 11 is 6.34. The summed E-state index contributed by atoms with van der Waals surface area (Å²) in [5.41, 5.74) is 8.03. The molecule has 0 spiro atoms. The molecular formula is C42H53ClN4O7. The molecular weight excluding hydrogens is 708 g/mol. The van der Waals surface area contributed by atoms with Crippen LogP contribution in [0, 0.1) is 5.41 Å². The second-order valence-corrected chi connectivity index (χ2v) is 14.7. The lowest BCUT2D eigenvalue weighted by Gasteiger charge is -2.32. The molecule has 1 aliphatic rings. The molecule has 6 atom stereocenters. The highest BCUT2D eigenvalue weighted by Crippen LogP contribution is 2.29. The largest absolute Gasteiger partial charge is 0.464 e. The van der Waals surface area contributed by atoms with Gasteiger partial charge in [-0.15, -0.1) is 0 Å². The van der Waals surface area contributed by atoms with Gasteiger partial charge in [-0.05, 0) is 68.4 Å². The number of alkyl carbamates (subject to hydrolysis) is 1. The molecule has 1 heterocycles. The zero-order valence-corrected chi connectivity index (χ0v) is 32.3. The molecule has 3 aromatic carbocycles. The minimum atomic E-state index is -0.957. The Kier molecular flexibility index (Phi) is 16.1. The summed E-state index contributed by atoms with van der Waals surface area (Å²) in [6.07, 6.45) is 5.08. The molecule has 11 nitrogen and oxygen atoms in total. The van der Waals surface area contributed by atoms with E-state index in [4.69, 9.17) is 31.5 Å². The van der Waals surface area contributed by atoms with Gasteiger partial charge in [-0.1, -0.05) is 103 Å². The van der Waals surface area contributed by atoms with Crippen LogP contribution in [0.25, 0.3) is 0 Å². The summed E-state index contributed by atoms with van der Waals surface area (Å²) in [6, 6.07) is 24.1. The van der Waals surface area contributed by atoms with E-state index in [1.54, 1.807) is 24.8 Å². The van der Waals surface area contributed by atoms with Crippen molar-refractivity contribution in [2.45, 2.75) is 90.3 Å². The first-order valence-corrected chi connectivity index (χ1v) is 18.8. The average Bonchev–Trinajstić information content (AvgIpc) is 3.63. The molecule has 0 radical (unpaired) electrons. The van der Waals surface area contributed by atoms with Crippen molar-refractivity contribution in [2.75, 3.05) is 19.8 Å².